The quantitative estimate of drug-likeness (QED) is 0.798. The molecule has 1 heterocycles. The second-order valence-electron chi connectivity index (χ2n) is 4.73. The Morgan fingerprint density at radius 1 is 1.60 bits per heavy atom. The van der Waals surface area contributed by atoms with Crippen LogP contribution in [-0.4, -0.2) is 25.5 Å². The molecule has 0 spiro atoms. The van der Waals surface area contributed by atoms with Crippen LogP contribution in [0.25, 0.3) is 0 Å². The molecular weight excluding hydrogens is 190 g/mol. The van der Waals surface area contributed by atoms with E-state index in [1.54, 1.807) is 11.0 Å². The van der Waals surface area contributed by atoms with Crippen molar-refractivity contribution in [1.29, 1.82) is 0 Å². The molecule has 2 unspecified atom stereocenters. The van der Waals surface area contributed by atoms with E-state index in [4.69, 9.17) is 0 Å². The lowest BCUT2D eigenvalue weighted by Crippen LogP contribution is -2.41. The summed E-state index contributed by atoms with van der Waals surface area (Å²) < 4.78 is 1.75. The van der Waals surface area contributed by atoms with Gasteiger partial charge < -0.3 is 5.11 Å². The zero-order chi connectivity index (χ0) is 10.9. The first kappa shape index (κ1) is 10.6. The minimum atomic E-state index is -0.570. The van der Waals surface area contributed by atoms with E-state index in [1.807, 2.05) is 7.05 Å². The van der Waals surface area contributed by atoms with Gasteiger partial charge in [0.1, 0.15) is 12.2 Å². The van der Waals surface area contributed by atoms with Crippen molar-refractivity contribution in [3.63, 3.8) is 0 Å². The maximum absolute atomic E-state index is 10.6. The molecule has 0 aliphatic heterocycles. The molecule has 1 fully saturated rings. The van der Waals surface area contributed by atoms with E-state index in [9.17, 15) is 5.11 Å². The summed E-state index contributed by atoms with van der Waals surface area (Å²) >= 11 is 0. The molecule has 1 N–H and O–H groups in total. The number of rotatable bonds is 2. The molecule has 0 amide bonds. The summed E-state index contributed by atoms with van der Waals surface area (Å²) in [4.78, 5) is 4.18. The highest BCUT2D eigenvalue weighted by Gasteiger charge is 2.37. The molecule has 2 rings (SSSR count). The SMILES string of the molecule is CC1CCCCC1(O)Cc1ncnn1C. The van der Waals surface area contributed by atoms with Crippen molar-refractivity contribution in [3.05, 3.63) is 12.2 Å². The lowest BCUT2D eigenvalue weighted by Gasteiger charge is -2.37. The summed E-state index contributed by atoms with van der Waals surface area (Å²) in [5.41, 5.74) is -0.570. The molecular formula is C11H19N3O. The minimum Gasteiger partial charge on any atom is -0.389 e. The highest BCUT2D eigenvalue weighted by atomic mass is 16.3. The maximum Gasteiger partial charge on any atom is 0.138 e. The zero-order valence-corrected chi connectivity index (χ0v) is 9.48. The van der Waals surface area contributed by atoms with Crippen molar-refractivity contribution in [2.45, 2.75) is 44.6 Å². The van der Waals surface area contributed by atoms with Crippen molar-refractivity contribution >= 4 is 0 Å². The van der Waals surface area contributed by atoms with Gasteiger partial charge in [0.2, 0.25) is 0 Å². The molecule has 84 valence electrons. The average molecular weight is 209 g/mol. The van der Waals surface area contributed by atoms with Gasteiger partial charge in [0, 0.05) is 13.5 Å². The van der Waals surface area contributed by atoms with Crippen LogP contribution in [0.4, 0.5) is 0 Å². The van der Waals surface area contributed by atoms with Crippen LogP contribution < -0.4 is 0 Å². The first-order valence-corrected chi connectivity index (χ1v) is 5.67. The van der Waals surface area contributed by atoms with Crippen LogP contribution in [0.5, 0.6) is 0 Å². The Bertz CT molecular complexity index is 336. The molecule has 0 aromatic carbocycles. The van der Waals surface area contributed by atoms with Crippen molar-refractivity contribution in [2.75, 3.05) is 0 Å². The largest absolute Gasteiger partial charge is 0.389 e. The Morgan fingerprint density at radius 2 is 2.40 bits per heavy atom. The van der Waals surface area contributed by atoms with E-state index in [1.165, 1.54) is 6.42 Å². The summed E-state index contributed by atoms with van der Waals surface area (Å²) in [5.74, 6) is 1.24. The van der Waals surface area contributed by atoms with Crippen molar-refractivity contribution in [1.82, 2.24) is 14.8 Å². The fraction of sp³-hybridized carbons (Fsp3) is 0.818. The van der Waals surface area contributed by atoms with Gasteiger partial charge in [-0.3, -0.25) is 4.68 Å². The Hall–Kier alpha value is -0.900. The van der Waals surface area contributed by atoms with Gasteiger partial charge in [-0.25, -0.2) is 4.98 Å². The van der Waals surface area contributed by atoms with Crippen LogP contribution in [0.15, 0.2) is 6.33 Å². The van der Waals surface area contributed by atoms with Gasteiger partial charge in [-0.2, -0.15) is 5.10 Å². The van der Waals surface area contributed by atoms with Crippen molar-refractivity contribution < 1.29 is 5.11 Å². The first-order valence-electron chi connectivity index (χ1n) is 5.67. The van der Waals surface area contributed by atoms with E-state index < -0.39 is 5.60 Å². The average Bonchev–Trinajstić information content (AvgIpc) is 2.58. The molecule has 2 atom stereocenters. The summed E-state index contributed by atoms with van der Waals surface area (Å²) in [6.45, 7) is 2.13. The highest BCUT2D eigenvalue weighted by Crippen LogP contribution is 2.35. The molecule has 4 heteroatoms. The maximum atomic E-state index is 10.6. The van der Waals surface area contributed by atoms with E-state index in [2.05, 4.69) is 17.0 Å². The first-order chi connectivity index (χ1) is 7.12. The lowest BCUT2D eigenvalue weighted by atomic mass is 9.74. The number of aryl methyl sites for hydroxylation is 1. The molecule has 15 heavy (non-hydrogen) atoms. The fourth-order valence-corrected chi connectivity index (χ4v) is 2.41. The number of hydrogen-bond acceptors (Lipinski definition) is 3. The normalized spacial score (nSPS) is 31.8. The summed E-state index contributed by atoms with van der Waals surface area (Å²) in [6.07, 6.45) is 6.55. The predicted octanol–water partition coefficient (Wildman–Crippen LogP) is 1.30. The number of aromatic nitrogens is 3. The third-order valence-electron chi connectivity index (χ3n) is 3.68. The van der Waals surface area contributed by atoms with E-state index in [-0.39, 0.29) is 0 Å². The molecule has 0 radical (unpaired) electrons. The fourth-order valence-electron chi connectivity index (χ4n) is 2.41. The number of hydrogen-bond donors (Lipinski definition) is 1. The van der Waals surface area contributed by atoms with E-state index in [0.29, 0.717) is 12.3 Å². The highest BCUT2D eigenvalue weighted by molar-refractivity contribution is 4.98. The second kappa shape index (κ2) is 3.93. The van der Waals surface area contributed by atoms with Crippen molar-refractivity contribution in [3.8, 4) is 0 Å². The van der Waals surface area contributed by atoms with Crippen LogP contribution in [-0.2, 0) is 13.5 Å². The Balaban J connectivity index is 2.12. The lowest BCUT2D eigenvalue weighted by molar-refractivity contribution is -0.0425. The van der Waals surface area contributed by atoms with Crippen molar-refractivity contribution in [2.24, 2.45) is 13.0 Å². The Labute approximate surface area is 90.3 Å². The van der Waals surface area contributed by atoms with Crippen LogP contribution in [0.2, 0.25) is 0 Å². The van der Waals surface area contributed by atoms with Gasteiger partial charge in [0.05, 0.1) is 5.60 Å². The third-order valence-corrected chi connectivity index (χ3v) is 3.68. The summed E-state index contributed by atoms with van der Waals surface area (Å²) in [7, 11) is 1.87. The topological polar surface area (TPSA) is 50.9 Å². The van der Waals surface area contributed by atoms with Crippen LogP contribution in [0.1, 0.15) is 38.4 Å². The smallest absolute Gasteiger partial charge is 0.138 e. The second-order valence-corrected chi connectivity index (χ2v) is 4.73. The molecule has 0 bridgehead atoms. The minimum absolute atomic E-state index is 0.364. The van der Waals surface area contributed by atoms with Gasteiger partial charge in [-0.15, -0.1) is 0 Å². The van der Waals surface area contributed by atoms with Gasteiger partial charge >= 0.3 is 0 Å². The van der Waals surface area contributed by atoms with Crippen LogP contribution >= 0.6 is 0 Å². The van der Waals surface area contributed by atoms with Gasteiger partial charge in [0.25, 0.3) is 0 Å². The van der Waals surface area contributed by atoms with Gasteiger partial charge in [-0.1, -0.05) is 19.8 Å². The van der Waals surface area contributed by atoms with Crippen LogP contribution in [0.3, 0.4) is 0 Å². The zero-order valence-electron chi connectivity index (χ0n) is 9.48. The predicted molar refractivity (Wildman–Crippen MR) is 57.3 cm³/mol. The number of aliphatic hydroxyl groups is 1. The molecule has 1 aliphatic carbocycles. The Morgan fingerprint density at radius 3 is 3.00 bits per heavy atom. The molecule has 0 saturated heterocycles. The molecule has 1 saturated carbocycles. The molecule has 4 nitrogen and oxygen atoms in total. The van der Waals surface area contributed by atoms with E-state index >= 15 is 0 Å². The van der Waals surface area contributed by atoms with Gasteiger partial charge in [0.15, 0.2) is 0 Å². The monoisotopic (exact) mass is 209 g/mol. The molecule has 1 aromatic heterocycles. The Kier molecular flexibility index (Phi) is 2.78. The standard InChI is InChI=1S/C11H19N3O/c1-9-5-3-4-6-11(9,15)7-10-12-8-13-14(10)2/h8-9,15H,3-7H2,1-2H3. The van der Waals surface area contributed by atoms with E-state index in [0.717, 1.165) is 25.1 Å². The molecule has 1 aliphatic rings. The van der Waals surface area contributed by atoms with Gasteiger partial charge in [-0.05, 0) is 18.8 Å². The summed E-state index contributed by atoms with van der Waals surface area (Å²) in [6, 6.07) is 0. The summed E-state index contributed by atoms with van der Waals surface area (Å²) in [5, 5.41) is 14.6. The molecule has 1 aromatic rings. The van der Waals surface area contributed by atoms with Crippen LogP contribution in [0, 0.1) is 5.92 Å². The third kappa shape index (κ3) is 2.04. The number of nitrogens with zero attached hydrogens (tertiary/aromatic N) is 3.